The topological polar surface area (TPSA) is 60.3 Å². The highest BCUT2D eigenvalue weighted by molar-refractivity contribution is 7.80. The molecular formula is C20H22N4O2S. The maximum absolute atomic E-state index is 5.43. The van der Waals surface area contributed by atoms with Crippen LogP contribution in [0.2, 0.25) is 0 Å². The molecule has 0 atom stereocenters. The van der Waals surface area contributed by atoms with Crippen molar-refractivity contribution in [3.63, 3.8) is 0 Å². The van der Waals surface area contributed by atoms with Gasteiger partial charge in [-0.1, -0.05) is 12.1 Å². The van der Waals surface area contributed by atoms with Gasteiger partial charge in [0.1, 0.15) is 11.5 Å². The van der Waals surface area contributed by atoms with E-state index in [9.17, 15) is 0 Å². The minimum atomic E-state index is 0.500. The molecule has 0 spiro atoms. The van der Waals surface area contributed by atoms with Gasteiger partial charge in [0.25, 0.3) is 0 Å². The molecule has 140 valence electrons. The summed E-state index contributed by atoms with van der Waals surface area (Å²) in [4.78, 5) is 0. The summed E-state index contributed by atoms with van der Waals surface area (Å²) in [6.07, 6.45) is 3.65. The summed E-state index contributed by atoms with van der Waals surface area (Å²) < 4.78 is 12.5. The van der Waals surface area contributed by atoms with Crippen LogP contribution >= 0.6 is 12.2 Å². The minimum Gasteiger partial charge on any atom is -0.497 e. The molecule has 0 aliphatic heterocycles. The van der Waals surface area contributed by atoms with Gasteiger partial charge in [-0.15, -0.1) is 0 Å². The van der Waals surface area contributed by atoms with Crippen molar-refractivity contribution in [2.24, 2.45) is 0 Å². The van der Waals surface area contributed by atoms with Crippen LogP contribution in [0.1, 0.15) is 12.5 Å². The third-order valence-electron chi connectivity index (χ3n) is 3.79. The third kappa shape index (κ3) is 5.46. The van der Waals surface area contributed by atoms with Crippen molar-refractivity contribution in [3.8, 4) is 11.5 Å². The molecule has 0 amide bonds. The van der Waals surface area contributed by atoms with Crippen LogP contribution in [0.15, 0.2) is 60.9 Å². The number of aromatic nitrogens is 2. The molecule has 3 rings (SSSR count). The van der Waals surface area contributed by atoms with E-state index in [1.54, 1.807) is 13.3 Å². The molecule has 0 aliphatic rings. The quantitative estimate of drug-likeness (QED) is 0.599. The molecule has 27 heavy (non-hydrogen) atoms. The zero-order valence-corrected chi connectivity index (χ0v) is 16.1. The summed E-state index contributed by atoms with van der Waals surface area (Å²) in [5.41, 5.74) is 2.82. The molecule has 0 radical (unpaired) electrons. The van der Waals surface area contributed by atoms with Gasteiger partial charge in [-0.05, 0) is 61.1 Å². The van der Waals surface area contributed by atoms with Gasteiger partial charge in [-0.25, -0.2) is 0 Å². The summed E-state index contributed by atoms with van der Waals surface area (Å²) in [6.45, 7) is 3.25. The molecular weight excluding hydrogens is 360 g/mol. The fourth-order valence-electron chi connectivity index (χ4n) is 2.57. The molecule has 0 aliphatic carbocycles. The van der Waals surface area contributed by atoms with Crippen LogP contribution in [-0.2, 0) is 6.54 Å². The molecule has 1 heterocycles. The Hall–Kier alpha value is -3.06. The Morgan fingerprint density at radius 2 is 1.85 bits per heavy atom. The summed E-state index contributed by atoms with van der Waals surface area (Å²) in [5, 5.41) is 11.2. The van der Waals surface area contributed by atoms with E-state index in [2.05, 4.69) is 15.7 Å². The van der Waals surface area contributed by atoms with Crippen LogP contribution in [0.4, 0.5) is 11.4 Å². The lowest BCUT2D eigenvalue weighted by atomic mass is 10.2. The van der Waals surface area contributed by atoms with Gasteiger partial charge < -0.3 is 20.1 Å². The fraction of sp³-hybridized carbons (Fsp3) is 0.200. The number of methoxy groups -OCH3 is 1. The second kappa shape index (κ2) is 9.05. The van der Waals surface area contributed by atoms with Crippen LogP contribution < -0.4 is 20.1 Å². The molecule has 0 saturated heterocycles. The van der Waals surface area contributed by atoms with Gasteiger partial charge in [0.05, 0.1) is 32.1 Å². The molecule has 0 bridgehead atoms. The average Bonchev–Trinajstić information content (AvgIpc) is 3.10. The molecule has 2 aromatic carbocycles. The second-order valence-corrected chi connectivity index (χ2v) is 6.22. The number of hydrogen-bond donors (Lipinski definition) is 2. The molecule has 6 nitrogen and oxygen atoms in total. The van der Waals surface area contributed by atoms with Gasteiger partial charge in [0.2, 0.25) is 0 Å². The highest BCUT2D eigenvalue weighted by Crippen LogP contribution is 2.17. The fourth-order valence-corrected chi connectivity index (χ4v) is 2.80. The molecule has 0 saturated carbocycles. The first kappa shape index (κ1) is 18.7. The van der Waals surface area contributed by atoms with Gasteiger partial charge in [-0.3, -0.25) is 4.68 Å². The number of thiocarbonyl (C=S) groups is 1. The van der Waals surface area contributed by atoms with Crippen molar-refractivity contribution in [3.05, 3.63) is 66.5 Å². The maximum Gasteiger partial charge on any atom is 0.175 e. The third-order valence-corrected chi connectivity index (χ3v) is 4.00. The van der Waals surface area contributed by atoms with Crippen molar-refractivity contribution in [2.45, 2.75) is 13.5 Å². The highest BCUT2D eigenvalue weighted by atomic mass is 32.1. The number of hydrogen-bond acceptors (Lipinski definition) is 4. The van der Waals surface area contributed by atoms with Crippen LogP contribution in [0.5, 0.6) is 11.5 Å². The summed E-state index contributed by atoms with van der Waals surface area (Å²) in [7, 11) is 1.66. The number of nitrogens with one attached hydrogen (secondary N) is 2. The van der Waals surface area contributed by atoms with Crippen LogP contribution in [0.3, 0.4) is 0 Å². The maximum atomic E-state index is 5.43. The number of rotatable bonds is 7. The lowest BCUT2D eigenvalue weighted by Gasteiger charge is -2.10. The zero-order chi connectivity index (χ0) is 19.1. The highest BCUT2D eigenvalue weighted by Gasteiger charge is 2.04. The molecule has 0 unspecified atom stereocenters. The Bertz CT molecular complexity index is 893. The predicted octanol–water partition coefficient (Wildman–Crippen LogP) is 4.15. The second-order valence-electron chi connectivity index (χ2n) is 5.81. The van der Waals surface area contributed by atoms with Gasteiger partial charge in [0, 0.05) is 11.9 Å². The van der Waals surface area contributed by atoms with E-state index in [4.69, 9.17) is 21.7 Å². The Labute approximate surface area is 164 Å². The Kier molecular flexibility index (Phi) is 6.27. The smallest absolute Gasteiger partial charge is 0.175 e. The monoisotopic (exact) mass is 382 g/mol. The number of nitrogens with zero attached hydrogens (tertiary/aromatic N) is 2. The van der Waals surface area contributed by atoms with E-state index in [1.807, 2.05) is 66.3 Å². The first-order chi connectivity index (χ1) is 13.2. The van der Waals surface area contributed by atoms with Crippen LogP contribution in [0, 0.1) is 0 Å². The zero-order valence-electron chi connectivity index (χ0n) is 15.3. The van der Waals surface area contributed by atoms with E-state index < -0.39 is 0 Å². The van der Waals surface area contributed by atoms with E-state index in [0.717, 1.165) is 28.4 Å². The Balaban J connectivity index is 1.55. The Morgan fingerprint density at radius 3 is 2.59 bits per heavy atom. The first-order valence-corrected chi connectivity index (χ1v) is 9.03. The predicted molar refractivity (Wildman–Crippen MR) is 112 cm³/mol. The van der Waals surface area contributed by atoms with Crippen molar-refractivity contribution < 1.29 is 9.47 Å². The summed E-state index contributed by atoms with van der Waals surface area (Å²) in [6, 6.07) is 15.6. The largest absolute Gasteiger partial charge is 0.497 e. The standard InChI is InChI=1S/C20H22N4O2S/c1-3-26-18-9-7-16(8-10-18)22-20(27)23-17-12-21-24(14-17)13-15-5-4-6-19(11-15)25-2/h4-12,14H,3,13H2,1-2H3,(H2,22,23,27). The number of benzene rings is 2. The van der Waals surface area contributed by atoms with Crippen LogP contribution in [-0.4, -0.2) is 28.6 Å². The SMILES string of the molecule is CCOc1ccc(NC(=S)Nc2cnn(Cc3cccc(OC)c3)c2)cc1. The van der Waals surface area contributed by atoms with E-state index in [-0.39, 0.29) is 0 Å². The summed E-state index contributed by atoms with van der Waals surface area (Å²) >= 11 is 5.37. The molecule has 1 aromatic heterocycles. The number of ether oxygens (including phenoxy) is 2. The van der Waals surface area contributed by atoms with Gasteiger partial charge in [0.15, 0.2) is 5.11 Å². The lowest BCUT2D eigenvalue weighted by molar-refractivity contribution is 0.340. The summed E-state index contributed by atoms with van der Waals surface area (Å²) in [5.74, 6) is 1.67. The average molecular weight is 382 g/mol. The Morgan fingerprint density at radius 1 is 1.07 bits per heavy atom. The van der Waals surface area contributed by atoms with Gasteiger partial charge in [-0.2, -0.15) is 5.10 Å². The van der Waals surface area contributed by atoms with E-state index in [0.29, 0.717) is 18.3 Å². The van der Waals surface area contributed by atoms with Crippen LogP contribution in [0.25, 0.3) is 0 Å². The lowest BCUT2D eigenvalue weighted by Crippen LogP contribution is -2.18. The van der Waals surface area contributed by atoms with Crippen molar-refractivity contribution in [1.82, 2.24) is 9.78 Å². The first-order valence-electron chi connectivity index (χ1n) is 8.62. The van der Waals surface area contributed by atoms with Gasteiger partial charge >= 0.3 is 0 Å². The van der Waals surface area contributed by atoms with E-state index >= 15 is 0 Å². The molecule has 3 aromatic rings. The molecule has 7 heteroatoms. The van der Waals surface area contributed by atoms with Crippen molar-refractivity contribution >= 4 is 28.7 Å². The molecule has 2 N–H and O–H groups in total. The minimum absolute atomic E-state index is 0.500. The normalized spacial score (nSPS) is 10.3. The molecule has 0 fully saturated rings. The number of anilines is 2. The van der Waals surface area contributed by atoms with E-state index in [1.165, 1.54) is 0 Å². The van der Waals surface area contributed by atoms with Crippen molar-refractivity contribution in [2.75, 3.05) is 24.4 Å². The van der Waals surface area contributed by atoms with Crippen molar-refractivity contribution in [1.29, 1.82) is 0 Å².